The first-order valence-electron chi connectivity index (χ1n) is 8.88. The third-order valence-corrected chi connectivity index (χ3v) is 4.26. The molecule has 0 aliphatic carbocycles. The molecule has 1 aliphatic heterocycles. The maximum Gasteiger partial charge on any atom is 0.269 e. The number of nitrogens with zero attached hydrogens (tertiary/aromatic N) is 1. The van der Waals surface area contributed by atoms with Gasteiger partial charge in [0.2, 0.25) is 6.79 Å². The lowest BCUT2D eigenvalue weighted by atomic mass is 10.2. The molecule has 2 aromatic carbocycles. The molecule has 0 radical (unpaired) electrons. The van der Waals surface area contributed by atoms with Crippen LogP contribution in [0.4, 0.5) is 0 Å². The predicted octanol–water partition coefficient (Wildman–Crippen LogP) is 1.33. The number of fused-ring (bicyclic) bond motifs is 1. The van der Waals surface area contributed by atoms with Gasteiger partial charge in [-0.1, -0.05) is 6.07 Å². The molecule has 0 fully saturated rings. The van der Waals surface area contributed by atoms with Gasteiger partial charge in [-0.3, -0.25) is 25.3 Å². The number of carbonyl (C=O) groups excluding carboxylic acids is 2. The first-order valence-corrected chi connectivity index (χ1v) is 8.88. The van der Waals surface area contributed by atoms with Crippen molar-refractivity contribution in [1.82, 2.24) is 15.8 Å². The van der Waals surface area contributed by atoms with Gasteiger partial charge in [0, 0.05) is 12.1 Å². The Morgan fingerprint density at radius 3 is 2.52 bits per heavy atom. The summed E-state index contributed by atoms with van der Waals surface area (Å²) in [5.74, 6) is 1.54. The van der Waals surface area contributed by atoms with E-state index in [1.807, 2.05) is 23.1 Å². The number of hydrogen-bond donors (Lipinski definition) is 2. The molecule has 0 unspecified atom stereocenters. The molecule has 1 heterocycles. The largest absolute Gasteiger partial charge is 0.493 e. The summed E-state index contributed by atoms with van der Waals surface area (Å²) >= 11 is 0. The van der Waals surface area contributed by atoms with E-state index in [9.17, 15) is 9.59 Å². The van der Waals surface area contributed by atoms with Crippen LogP contribution < -0.4 is 29.8 Å². The van der Waals surface area contributed by atoms with Gasteiger partial charge < -0.3 is 18.9 Å². The summed E-state index contributed by atoms with van der Waals surface area (Å²) in [6.45, 7) is 0.852. The quantitative estimate of drug-likeness (QED) is 0.676. The van der Waals surface area contributed by atoms with Crippen molar-refractivity contribution in [2.45, 2.75) is 6.54 Å². The first-order chi connectivity index (χ1) is 14.0. The van der Waals surface area contributed by atoms with E-state index in [-0.39, 0.29) is 19.2 Å². The van der Waals surface area contributed by atoms with Gasteiger partial charge in [0.15, 0.2) is 23.0 Å². The van der Waals surface area contributed by atoms with Gasteiger partial charge in [-0.2, -0.15) is 0 Å². The predicted molar refractivity (Wildman–Crippen MR) is 104 cm³/mol. The number of carbonyl (C=O) groups is 2. The van der Waals surface area contributed by atoms with Crippen LogP contribution in [-0.2, 0) is 11.3 Å². The number of amides is 2. The molecule has 3 rings (SSSR count). The summed E-state index contributed by atoms with van der Waals surface area (Å²) in [4.78, 5) is 26.2. The van der Waals surface area contributed by atoms with E-state index in [0.29, 0.717) is 35.1 Å². The second-order valence-electron chi connectivity index (χ2n) is 6.43. The molecule has 154 valence electrons. The van der Waals surface area contributed by atoms with Crippen molar-refractivity contribution >= 4 is 11.8 Å². The van der Waals surface area contributed by atoms with E-state index in [1.165, 1.54) is 20.3 Å². The number of hydrogen-bond acceptors (Lipinski definition) is 7. The Morgan fingerprint density at radius 2 is 1.76 bits per heavy atom. The fraction of sp³-hybridized carbons (Fsp3) is 0.300. The second-order valence-corrected chi connectivity index (χ2v) is 6.43. The van der Waals surface area contributed by atoms with Gasteiger partial charge in [-0.25, -0.2) is 0 Å². The van der Waals surface area contributed by atoms with Crippen LogP contribution in [0.2, 0.25) is 0 Å². The Balaban J connectivity index is 1.48. The van der Waals surface area contributed by atoms with Crippen molar-refractivity contribution in [3.05, 3.63) is 47.5 Å². The molecule has 9 nitrogen and oxygen atoms in total. The van der Waals surface area contributed by atoms with Crippen molar-refractivity contribution in [2.75, 3.05) is 34.6 Å². The number of likely N-dealkylation sites (N-methyl/N-ethyl adjacent to an activating group) is 1. The summed E-state index contributed by atoms with van der Waals surface area (Å²) in [6.07, 6.45) is 0. The first kappa shape index (κ1) is 20.3. The minimum atomic E-state index is -0.460. The molecule has 0 spiro atoms. The number of benzene rings is 2. The smallest absolute Gasteiger partial charge is 0.269 e. The molecule has 2 amide bonds. The van der Waals surface area contributed by atoms with Gasteiger partial charge in [0.1, 0.15) is 0 Å². The molecule has 0 saturated heterocycles. The van der Waals surface area contributed by atoms with Crippen molar-refractivity contribution in [3.8, 4) is 23.0 Å². The van der Waals surface area contributed by atoms with Gasteiger partial charge in [0.05, 0.1) is 20.8 Å². The monoisotopic (exact) mass is 401 g/mol. The highest BCUT2D eigenvalue weighted by Crippen LogP contribution is 2.32. The Hall–Kier alpha value is -3.46. The van der Waals surface area contributed by atoms with Crippen molar-refractivity contribution in [1.29, 1.82) is 0 Å². The Bertz CT molecular complexity index is 902. The number of nitrogens with one attached hydrogen (secondary N) is 2. The topological polar surface area (TPSA) is 98.4 Å². The van der Waals surface area contributed by atoms with Crippen LogP contribution in [0.1, 0.15) is 15.9 Å². The molecular formula is C20H23N3O6. The van der Waals surface area contributed by atoms with Crippen LogP contribution in [0, 0.1) is 0 Å². The molecule has 0 bridgehead atoms. The lowest BCUT2D eigenvalue weighted by molar-refractivity contribution is -0.122. The SMILES string of the molecule is COc1ccc(C(=O)NNC(=O)CN(C)Cc2ccc3c(c2)OCO3)cc1OC. The average Bonchev–Trinajstić information content (AvgIpc) is 3.19. The maximum atomic E-state index is 12.2. The fourth-order valence-electron chi connectivity index (χ4n) is 2.87. The van der Waals surface area contributed by atoms with Gasteiger partial charge in [-0.05, 0) is 42.9 Å². The maximum absolute atomic E-state index is 12.2. The zero-order valence-corrected chi connectivity index (χ0v) is 16.5. The molecule has 2 aromatic rings. The van der Waals surface area contributed by atoms with Crippen molar-refractivity contribution < 1.29 is 28.5 Å². The molecule has 1 aliphatic rings. The number of hydrazine groups is 1. The number of rotatable bonds is 7. The van der Waals surface area contributed by atoms with Gasteiger partial charge in [0.25, 0.3) is 11.8 Å². The summed E-state index contributed by atoms with van der Waals surface area (Å²) in [5, 5.41) is 0. The zero-order valence-electron chi connectivity index (χ0n) is 16.5. The molecular weight excluding hydrogens is 378 g/mol. The van der Waals surface area contributed by atoms with E-state index in [0.717, 1.165) is 5.56 Å². The summed E-state index contributed by atoms with van der Waals surface area (Å²) in [5.41, 5.74) is 6.12. The molecule has 0 saturated carbocycles. The number of ether oxygens (including phenoxy) is 4. The highest BCUT2D eigenvalue weighted by molar-refractivity contribution is 5.96. The van der Waals surface area contributed by atoms with E-state index >= 15 is 0 Å². The highest BCUT2D eigenvalue weighted by Gasteiger charge is 2.15. The minimum absolute atomic E-state index is 0.0979. The van der Waals surface area contributed by atoms with Crippen LogP contribution in [0.25, 0.3) is 0 Å². The minimum Gasteiger partial charge on any atom is -0.493 e. The lowest BCUT2D eigenvalue weighted by Gasteiger charge is -2.17. The lowest BCUT2D eigenvalue weighted by Crippen LogP contribution is -2.45. The molecule has 29 heavy (non-hydrogen) atoms. The van der Waals surface area contributed by atoms with Crippen LogP contribution in [0.3, 0.4) is 0 Å². The molecule has 0 atom stereocenters. The molecule has 0 aromatic heterocycles. The van der Waals surface area contributed by atoms with Crippen molar-refractivity contribution in [2.24, 2.45) is 0 Å². The van der Waals surface area contributed by atoms with Gasteiger partial charge >= 0.3 is 0 Å². The summed E-state index contributed by atoms with van der Waals surface area (Å²) < 4.78 is 21.0. The standard InChI is InChI=1S/C20H23N3O6/c1-23(10-13-4-6-16-18(8-13)29-12-28-16)11-19(24)21-22-20(25)14-5-7-15(26-2)17(9-14)27-3/h4-9H,10-12H2,1-3H3,(H,21,24)(H,22,25). The molecule has 9 heteroatoms. The fourth-order valence-corrected chi connectivity index (χ4v) is 2.87. The normalized spacial score (nSPS) is 11.9. The number of methoxy groups -OCH3 is 2. The third-order valence-electron chi connectivity index (χ3n) is 4.26. The van der Waals surface area contributed by atoms with E-state index in [2.05, 4.69) is 10.9 Å². The highest BCUT2D eigenvalue weighted by atomic mass is 16.7. The van der Waals surface area contributed by atoms with Crippen molar-refractivity contribution in [3.63, 3.8) is 0 Å². The Labute approximate surface area is 168 Å². The summed E-state index contributed by atoms with van der Waals surface area (Å²) in [7, 11) is 4.80. The van der Waals surface area contributed by atoms with E-state index in [4.69, 9.17) is 18.9 Å². The second kappa shape index (κ2) is 9.16. The zero-order chi connectivity index (χ0) is 20.8. The van der Waals surface area contributed by atoms with Crippen LogP contribution in [0.15, 0.2) is 36.4 Å². The van der Waals surface area contributed by atoms with Crippen LogP contribution >= 0.6 is 0 Å². The van der Waals surface area contributed by atoms with Crippen LogP contribution in [-0.4, -0.2) is 51.3 Å². The molecule has 2 N–H and O–H groups in total. The van der Waals surface area contributed by atoms with E-state index in [1.54, 1.807) is 19.2 Å². The van der Waals surface area contributed by atoms with Gasteiger partial charge in [-0.15, -0.1) is 0 Å². The summed E-state index contributed by atoms with van der Waals surface area (Å²) in [6, 6.07) is 10.4. The average molecular weight is 401 g/mol. The Morgan fingerprint density at radius 1 is 1.00 bits per heavy atom. The Kier molecular flexibility index (Phi) is 6.40. The van der Waals surface area contributed by atoms with Crippen LogP contribution in [0.5, 0.6) is 23.0 Å². The van der Waals surface area contributed by atoms with E-state index < -0.39 is 5.91 Å². The third kappa shape index (κ3) is 5.08.